The molecule has 0 spiro atoms. The van der Waals surface area contributed by atoms with Crippen LogP contribution < -0.4 is 5.32 Å². The third kappa shape index (κ3) is 3.39. The van der Waals surface area contributed by atoms with Crippen LogP contribution in [0.1, 0.15) is 43.2 Å². The summed E-state index contributed by atoms with van der Waals surface area (Å²) >= 11 is 0. The minimum Gasteiger partial charge on any atom is -0.504 e. The van der Waals surface area contributed by atoms with Gasteiger partial charge in [0, 0.05) is 6.54 Å². The summed E-state index contributed by atoms with van der Waals surface area (Å²) < 4.78 is 0. The molecule has 3 nitrogen and oxygen atoms in total. The van der Waals surface area contributed by atoms with Gasteiger partial charge in [-0.2, -0.15) is 0 Å². The quantitative estimate of drug-likeness (QED) is 0.591. The molecular weight excluding hydrogens is 294 g/mol. The molecule has 0 aromatic heterocycles. The van der Waals surface area contributed by atoms with Gasteiger partial charge in [0.2, 0.25) is 0 Å². The van der Waals surface area contributed by atoms with Crippen LogP contribution in [0.4, 0.5) is 0 Å². The van der Waals surface area contributed by atoms with Crippen LogP contribution in [0.3, 0.4) is 0 Å². The number of fused-ring (bicyclic) bond motifs is 1. The molecule has 0 aliphatic heterocycles. The van der Waals surface area contributed by atoms with Crippen LogP contribution in [-0.2, 0) is 6.42 Å². The molecule has 3 N–H and O–H groups in total. The number of aromatic hydroxyl groups is 2. The highest BCUT2D eigenvalue weighted by atomic mass is 79.9. The summed E-state index contributed by atoms with van der Waals surface area (Å²) in [4.78, 5) is 0. The van der Waals surface area contributed by atoms with E-state index in [4.69, 9.17) is 0 Å². The molecule has 1 aliphatic carbocycles. The van der Waals surface area contributed by atoms with Crippen molar-refractivity contribution in [1.82, 2.24) is 5.32 Å². The maximum atomic E-state index is 9.59. The first-order valence-corrected chi connectivity index (χ1v) is 6.47. The minimum absolute atomic E-state index is 0. The zero-order valence-electron chi connectivity index (χ0n) is 10.8. The molecule has 0 bridgehead atoms. The summed E-state index contributed by atoms with van der Waals surface area (Å²) in [6.45, 7) is 4.16. The van der Waals surface area contributed by atoms with E-state index in [1.165, 1.54) is 11.1 Å². The summed E-state index contributed by atoms with van der Waals surface area (Å²) in [7, 11) is 0. The van der Waals surface area contributed by atoms with Gasteiger partial charge in [0.1, 0.15) is 0 Å². The van der Waals surface area contributed by atoms with Crippen LogP contribution in [0.25, 0.3) is 0 Å². The zero-order chi connectivity index (χ0) is 12.3. The number of rotatable bonds is 4. The fourth-order valence-corrected chi connectivity index (χ4v) is 2.59. The Morgan fingerprint density at radius 2 is 2.00 bits per heavy atom. The van der Waals surface area contributed by atoms with Crippen molar-refractivity contribution >= 4 is 17.0 Å². The Balaban J connectivity index is 0.00000162. The maximum Gasteiger partial charge on any atom is 0.157 e. The van der Waals surface area contributed by atoms with Crippen molar-refractivity contribution in [2.75, 3.05) is 13.1 Å². The van der Waals surface area contributed by atoms with E-state index in [1.807, 2.05) is 0 Å². The zero-order valence-corrected chi connectivity index (χ0v) is 12.5. The van der Waals surface area contributed by atoms with Gasteiger partial charge in [-0.25, -0.2) is 0 Å². The Labute approximate surface area is 119 Å². The van der Waals surface area contributed by atoms with Gasteiger partial charge < -0.3 is 15.5 Å². The molecule has 0 amide bonds. The van der Waals surface area contributed by atoms with Crippen LogP contribution >= 0.6 is 17.0 Å². The minimum atomic E-state index is 0. The molecule has 18 heavy (non-hydrogen) atoms. The third-order valence-corrected chi connectivity index (χ3v) is 3.49. The molecule has 1 unspecified atom stereocenters. The summed E-state index contributed by atoms with van der Waals surface area (Å²) in [5.41, 5.74) is 2.39. The number of hydrogen-bond acceptors (Lipinski definition) is 3. The second kappa shape index (κ2) is 7.00. The maximum absolute atomic E-state index is 9.59. The van der Waals surface area contributed by atoms with Crippen molar-refractivity contribution < 1.29 is 10.2 Å². The first kappa shape index (κ1) is 15.3. The van der Waals surface area contributed by atoms with E-state index in [0.29, 0.717) is 5.92 Å². The Kier molecular flexibility index (Phi) is 5.96. The second-order valence-corrected chi connectivity index (χ2v) is 4.83. The highest BCUT2D eigenvalue weighted by Crippen LogP contribution is 2.37. The van der Waals surface area contributed by atoms with Gasteiger partial charge in [0.15, 0.2) is 11.5 Å². The fourth-order valence-electron chi connectivity index (χ4n) is 2.59. The summed E-state index contributed by atoms with van der Waals surface area (Å²) in [6, 6.07) is 3.46. The number of phenolic OH excluding ortho intramolecular Hbond substituents is 2. The Hall–Kier alpha value is -0.740. The lowest BCUT2D eigenvalue weighted by molar-refractivity contribution is 0.399. The standard InChI is InChI=1S/C14H21NO2.BrH/c1-2-6-15-9-11-5-3-4-10-7-13(16)14(17)8-12(10)11;/h7-8,11,15-17H,2-6,9H2,1H3;1H. The predicted molar refractivity (Wildman–Crippen MR) is 78.9 cm³/mol. The highest BCUT2D eigenvalue weighted by Gasteiger charge is 2.21. The summed E-state index contributed by atoms with van der Waals surface area (Å²) in [5.74, 6) is 0.480. The lowest BCUT2D eigenvalue weighted by atomic mass is 9.82. The van der Waals surface area contributed by atoms with E-state index in [1.54, 1.807) is 12.1 Å². The molecule has 0 radical (unpaired) electrons. The summed E-state index contributed by atoms with van der Waals surface area (Å²) in [6.07, 6.45) is 4.47. The van der Waals surface area contributed by atoms with Crippen molar-refractivity contribution in [3.05, 3.63) is 23.3 Å². The first-order chi connectivity index (χ1) is 8.22. The van der Waals surface area contributed by atoms with E-state index in [-0.39, 0.29) is 28.5 Å². The third-order valence-electron chi connectivity index (χ3n) is 3.49. The van der Waals surface area contributed by atoms with E-state index >= 15 is 0 Å². The number of hydrogen-bond donors (Lipinski definition) is 3. The van der Waals surface area contributed by atoms with Crippen LogP contribution in [-0.4, -0.2) is 23.3 Å². The molecule has 0 saturated carbocycles. The van der Waals surface area contributed by atoms with E-state index in [0.717, 1.165) is 38.8 Å². The molecule has 0 saturated heterocycles. The molecule has 0 heterocycles. The molecule has 1 aliphatic rings. The van der Waals surface area contributed by atoms with E-state index in [9.17, 15) is 10.2 Å². The van der Waals surface area contributed by atoms with Gasteiger partial charge in [0.25, 0.3) is 0 Å². The van der Waals surface area contributed by atoms with Crippen molar-refractivity contribution in [3.8, 4) is 11.5 Å². The SMILES string of the molecule is Br.CCCNCC1CCCc2cc(O)c(O)cc21. The van der Waals surface area contributed by atoms with E-state index in [2.05, 4.69) is 12.2 Å². The van der Waals surface area contributed by atoms with Gasteiger partial charge in [-0.15, -0.1) is 17.0 Å². The van der Waals surface area contributed by atoms with Gasteiger partial charge in [0.05, 0.1) is 0 Å². The molecule has 2 rings (SSSR count). The largest absolute Gasteiger partial charge is 0.504 e. The Bertz CT molecular complexity index is 396. The van der Waals surface area contributed by atoms with Crippen molar-refractivity contribution in [3.63, 3.8) is 0 Å². The fraction of sp³-hybridized carbons (Fsp3) is 0.571. The van der Waals surface area contributed by atoms with Gasteiger partial charge in [-0.1, -0.05) is 6.92 Å². The van der Waals surface area contributed by atoms with Crippen molar-refractivity contribution in [2.45, 2.75) is 38.5 Å². The number of phenols is 2. The Morgan fingerprint density at radius 3 is 2.72 bits per heavy atom. The average Bonchev–Trinajstić information content (AvgIpc) is 2.32. The number of aryl methyl sites for hydroxylation is 1. The predicted octanol–water partition coefficient (Wildman–Crippen LogP) is 3.10. The molecule has 102 valence electrons. The smallest absolute Gasteiger partial charge is 0.157 e. The van der Waals surface area contributed by atoms with Crippen LogP contribution in [0.2, 0.25) is 0 Å². The summed E-state index contributed by atoms with van der Waals surface area (Å²) in [5, 5.41) is 22.5. The normalized spacial score (nSPS) is 17.9. The molecule has 1 aromatic rings. The molecular formula is C14H22BrNO2. The average molecular weight is 316 g/mol. The lowest BCUT2D eigenvalue weighted by Crippen LogP contribution is -2.25. The molecule has 4 heteroatoms. The number of halogens is 1. The molecule has 1 aromatic carbocycles. The van der Waals surface area contributed by atoms with Crippen molar-refractivity contribution in [2.24, 2.45) is 0 Å². The highest BCUT2D eigenvalue weighted by molar-refractivity contribution is 8.93. The van der Waals surface area contributed by atoms with Gasteiger partial charge in [-0.3, -0.25) is 0 Å². The monoisotopic (exact) mass is 315 g/mol. The van der Waals surface area contributed by atoms with Gasteiger partial charge in [-0.05, 0) is 61.4 Å². The number of nitrogens with one attached hydrogen (secondary N) is 1. The first-order valence-electron chi connectivity index (χ1n) is 6.47. The van der Waals surface area contributed by atoms with Crippen molar-refractivity contribution in [1.29, 1.82) is 0 Å². The molecule has 0 fully saturated rings. The lowest BCUT2D eigenvalue weighted by Gasteiger charge is -2.26. The second-order valence-electron chi connectivity index (χ2n) is 4.83. The van der Waals surface area contributed by atoms with Crippen LogP contribution in [0, 0.1) is 0 Å². The van der Waals surface area contributed by atoms with Crippen LogP contribution in [0.15, 0.2) is 12.1 Å². The number of benzene rings is 1. The van der Waals surface area contributed by atoms with Crippen LogP contribution in [0.5, 0.6) is 11.5 Å². The topological polar surface area (TPSA) is 52.5 Å². The Morgan fingerprint density at radius 1 is 1.28 bits per heavy atom. The van der Waals surface area contributed by atoms with E-state index < -0.39 is 0 Å². The molecule has 1 atom stereocenters. The van der Waals surface area contributed by atoms with Gasteiger partial charge >= 0.3 is 0 Å².